The topological polar surface area (TPSA) is 47.9 Å². The fraction of sp³-hybridized carbons (Fsp3) is 0.625. The van der Waals surface area contributed by atoms with Gasteiger partial charge in [-0.1, -0.05) is 0 Å². The third-order valence-corrected chi connectivity index (χ3v) is 4.31. The zero-order valence-electron chi connectivity index (χ0n) is 12.1. The standard InChI is InChI=1S/C16H21FO4/c1-19-15-5-2-10(17)6-14(15)16(9-18)21-13-7-11-3-4-12(8-13)20-11/h2,5-6,11-13,16,18H,3-4,7-9H2,1H3/t11-,12-,16?/m0/s1. The van der Waals surface area contributed by atoms with E-state index in [4.69, 9.17) is 14.2 Å². The van der Waals surface area contributed by atoms with E-state index in [9.17, 15) is 9.50 Å². The Morgan fingerprint density at radius 1 is 1.33 bits per heavy atom. The Balaban J connectivity index is 1.74. The first-order valence-corrected chi connectivity index (χ1v) is 7.44. The number of rotatable bonds is 5. The summed E-state index contributed by atoms with van der Waals surface area (Å²) in [6, 6.07) is 4.27. The van der Waals surface area contributed by atoms with E-state index in [0.29, 0.717) is 11.3 Å². The molecule has 1 N–H and O–H groups in total. The van der Waals surface area contributed by atoms with Gasteiger partial charge in [-0.15, -0.1) is 0 Å². The minimum atomic E-state index is -0.571. The van der Waals surface area contributed by atoms with Crippen LogP contribution in [-0.4, -0.2) is 37.1 Å². The van der Waals surface area contributed by atoms with Gasteiger partial charge in [0.2, 0.25) is 0 Å². The van der Waals surface area contributed by atoms with Crippen molar-refractivity contribution in [1.29, 1.82) is 0 Å². The van der Waals surface area contributed by atoms with Gasteiger partial charge in [0.1, 0.15) is 17.7 Å². The maximum absolute atomic E-state index is 13.5. The van der Waals surface area contributed by atoms with Crippen LogP contribution in [0, 0.1) is 5.82 Å². The van der Waals surface area contributed by atoms with Crippen LogP contribution in [0.1, 0.15) is 37.4 Å². The van der Waals surface area contributed by atoms with Crippen molar-refractivity contribution in [2.45, 2.75) is 50.1 Å². The zero-order chi connectivity index (χ0) is 14.8. The normalized spacial score (nSPS) is 29.4. The van der Waals surface area contributed by atoms with Crippen molar-refractivity contribution in [3.05, 3.63) is 29.6 Å². The third kappa shape index (κ3) is 3.20. The number of hydrogen-bond acceptors (Lipinski definition) is 4. The summed E-state index contributed by atoms with van der Waals surface area (Å²) in [4.78, 5) is 0. The van der Waals surface area contributed by atoms with Gasteiger partial charge in [-0.3, -0.25) is 0 Å². The molecule has 0 amide bonds. The van der Waals surface area contributed by atoms with Gasteiger partial charge >= 0.3 is 0 Å². The van der Waals surface area contributed by atoms with Crippen LogP contribution in [0.15, 0.2) is 18.2 Å². The summed E-state index contributed by atoms with van der Waals surface area (Å²) in [5.74, 6) is 0.172. The number of benzene rings is 1. The summed E-state index contributed by atoms with van der Waals surface area (Å²) in [5, 5.41) is 9.63. The molecule has 3 atom stereocenters. The maximum Gasteiger partial charge on any atom is 0.124 e. The van der Waals surface area contributed by atoms with Crippen LogP contribution < -0.4 is 4.74 Å². The molecule has 5 heteroatoms. The van der Waals surface area contributed by atoms with Crippen molar-refractivity contribution in [3.8, 4) is 5.75 Å². The van der Waals surface area contributed by atoms with Gasteiger partial charge in [0.25, 0.3) is 0 Å². The summed E-state index contributed by atoms with van der Waals surface area (Å²) in [7, 11) is 1.53. The van der Waals surface area contributed by atoms with Crippen molar-refractivity contribution in [1.82, 2.24) is 0 Å². The van der Waals surface area contributed by atoms with Crippen LogP contribution in [0.2, 0.25) is 0 Å². The Kier molecular flexibility index (Phi) is 4.42. The first-order valence-electron chi connectivity index (χ1n) is 7.44. The molecule has 1 aromatic rings. The number of ether oxygens (including phenoxy) is 3. The molecule has 2 aliphatic heterocycles. The molecule has 116 valence electrons. The maximum atomic E-state index is 13.5. The van der Waals surface area contributed by atoms with Crippen LogP contribution in [0.25, 0.3) is 0 Å². The molecule has 21 heavy (non-hydrogen) atoms. The van der Waals surface area contributed by atoms with Crippen LogP contribution in [0.3, 0.4) is 0 Å². The lowest BCUT2D eigenvalue weighted by Crippen LogP contribution is -2.32. The molecule has 1 aromatic carbocycles. The number of aliphatic hydroxyl groups is 1. The molecular weight excluding hydrogens is 275 g/mol. The highest BCUT2D eigenvalue weighted by molar-refractivity contribution is 5.36. The summed E-state index contributed by atoms with van der Waals surface area (Å²) < 4.78 is 30.5. The predicted octanol–water partition coefficient (Wildman–Crippen LogP) is 2.59. The highest BCUT2D eigenvalue weighted by Gasteiger charge is 2.36. The molecule has 0 saturated carbocycles. The first kappa shape index (κ1) is 14.8. The average molecular weight is 296 g/mol. The van der Waals surface area contributed by atoms with E-state index in [-0.39, 0.29) is 30.7 Å². The van der Waals surface area contributed by atoms with E-state index in [1.54, 1.807) is 6.07 Å². The van der Waals surface area contributed by atoms with Crippen LogP contribution in [0.4, 0.5) is 4.39 Å². The molecule has 0 radical (unpaired) electrons. The van der Waals surface area contributed by atoms with Crippen molar-refractivity contribution in [3.63, 3.8) is 0 Å². The van der Waals surface area contributed by atoms with Gasteiger partial charge in [0.05, 0.1) is 32.0 Å². The number of methoxy groups -OCH3 is 1. The van der Waals surface area contributed by atoms with E-state index in [2.05, 4.69) is 0 Å². The molecule has 2 heterocycles. The molecule has 2 bridgehead atoms. The Bertz CT molecular complexity index is 481. The fourth-order valence-electron chi connectivity index (χ4n) is 3.32. The Morgan fingerprint density at radius 3 is 2.67 bits per heavy atom. The molecule has 3 rings (SSSR count). The van der Waals surface area contributed by atoms with Crippen molar-refractivity contribution in [2.24, 2.45) is 0 Å². The van der Waals surface area contributed by atoms with Crippen molar-refractivity contribution >= 4 is 0 Å². The van der Waals surface area contributed by atoms with Gasteiger partial charge in [-0.2, -0.15) is 0 Å². The predicted molar refractivity (Wildman–Crippen MR) is 74.8 cm³/mol. The van der Waals surface area contributed by atoms with E-state index >= 15 is 0 Å². The summed E-state index contributed by atoms with van der Waals surface area (Å²) in [5.41, 5.74) is 0.554. The minimum Gasteiger partial charge on any atom is -0.496 e. The Hall–Kier alpha value is -1.17. The lowest BCUT2D eigenvalue weighted by Gasteiger charge is -2.31. The van der Waals surface area contributed by atoms with Crippen molar-refractivity contribution < 1.29 is 23.7 Å². The van der Waals surface area contributed by atoms with Crippen molar-refractivity contribution in [2.75, 3.05) is 13.7 Å². The second-order valence-electron chi connectivity index (χ2n) is 5.74. The number of fused-ring (bicyclic) bond motifs is 2. The Labute approximate surface area is 123 Å². The van der Waals surface area contributed by atoms with E-state index in [0.717, 1.165) is 25.7 Å². The van der Waals surface area contributed by atoms with Gasteiger partial charge in [-0.05, 0) is 43.9 Å². The van der Waals surface area contributed by atoms with Gasteiger partial charge in [-0.25, -0.2) is 4.39 Å². The van der Waals surface area contributed by atoms with E-state index in [1.165, 1.54) is 19.2 Å². The van der Waals surface area contributed by atoms with Gasteiger partial charge < -0.3 is 19.3 Å². The first-order chi connectivity index (χ1) is 10.2. The highest BCUT2D eigenvalue weighted by Crippen LogP contribution is 2.37. The monoisotopic (exact) mass is 296 g/mol. The van der Waals surface area contributed by atoms with Gasteiger partial charge in [0.15, 0.2) is 0 Å². The molecular formula is C16H21FO4. The Morgan fingerprint density at radius 2 is 2.05 bits per heavy atom. The van der Waals surface area contributed by atoms with Crippen LogP contribution in [0.5, 0.6) is 5.75 Å². The molecule has 0 spiro atoms. The fourth-order valence-corrected chi connectivity index (χ4v) is 3.32. The summed E-state index contributed by atoms with van der Waals surface area (Å²) in [6.07, 6.45) is 3.84. The quantitative estimate of drug-likeness (QED) is 0.907. The van der Waals surface area contributed by atoms with E-state index < -0.39 is 6.10 Å². The number of aliphatic hydroxyl groups excluding tert-OH is 1. The SMILES string of the molecule is COc1ccc(F)cc1C(CO)OC1C[C@@H]2CC[C@@H](C1)O2. The lowest BCUT2D eigenvalue weighted by atomic mass is 10.0. The smallest absolute Gasteiger partial charge is 0.124 e. The molecule has 2 fully saturated rings. The number of hydrogen-bond donors (Lipinski definition) is 1. The minimum absolute atomic E-state index is 0.0429. The third-order valence-electron chi connectivity index (χ3n) is 4.31. The number of halogens is 1. The summed E-state index contributed by atoms with van der Waals surface area (Å²) >= 11 is 0. The molecule has 1 unspecified atom stereocenters. The second-order valence-corrected chi connectivity index (χ2v) is 5.74. The average Bonchev–Trinajstić information content (AvgIpc) is 2.83. The van der Waals surface area contributed by atoms with Gasteiger partial charge in [0, 0.05) is 5.56 Å². The van der Waals surface area contributed by atoms with E-state index in [1.807, 2.05) is 0 Å². The van der Waals surface area contributed by atoms with Crippen LogP contribution >= 0.6 is 0 Å². The summed E-state index contributed by atoms with van der Waals surface area (Å²) in [6.45, 7) is -0.202. The molecule has 0 aromatic heterocycles. The highest BCUT2D eigenvalue weighted by atomic mass is 19.1. The molecule has 2 aliphatic rings. The molecule has 4 nitrogen and oxygen atoms in total. The molecule has 2 saturated heterocycles. The molecule has 0 aliphatic carbocycles. The lowest BCUT2D eigenvalue weighted by molar-refractivity contribution is -0.115. The second kappa shape index (κ2) is 6.30. The van der Waals surface area contributed by atoms with Crippen LogP contribution in [-0.2, 0) is 9.47 Å². The zero-order valence-corrected chi connectivity index (χ0v) is 12.1. The largest absolute Gasteiger partial charge is 0.496 e.